The van der Waals surface area contributed by atoms with Gasteiger partial charge in [0.15, 0.2) is 0 Å². The molecule has 1 nitrogen and oxygen atoms in total. The van der Waals surface area contributed by atoms with Gasteiger partial charge in [-0.25, -0.2) is 0 Å². The van der Waals surface area contributed by atoms with E-state index in [1.807, 2.05) is 0 Å². The van der Waals surface area contributed by atoms with Gasteiger partial charge >= 0.3 is 0 Å². The predicted molar refractivity (Wildman–Crippen MR) is 17.6 cm³/mol. The topological polar surface area (TPSA) is 26.0 Å². The zero-order valence-corrected chi connectivity index (χ0v) is 2.58. The van der Waals surface area contributed by atoms with E-state index in [-0.39, 0.29) is 0 Å². The van der Waals surface area contributed by atoms with Crippen LogP contribution in [0.1, 0.15) is 6.92 Å². The van der Waals surface area contributed by atoms with E-state index in [0.29, 0.717) is 0 Å². The highest BCUT2D eigenvalue weighted by Crippen LogP contribution is 1.28. The van der Waals surface area contributed by atoms with E-state index < -0.39 is 0 Å². The third-order valence-electron chi connectivity index (χ3n) is 0.144. The Morgan fingerprint density at radius 1 is 1.75 bits per heavy atom. The molecule has 0 aliphatic carbocycles. The van der Waals surface area contributed by atoms with E-state index in [2.05, 4.69) is 17.7 Å². The molecule has 0 bridgehead atoms. The quantitative estimate of drug-likeness (QED) is 0.304. The highest BCUT2D eigenvalue weighted by atomic mass is 14.4. The Balaban J connectivity index is 2.83. The molecule has 0 spiro atoms. The van der Waals surface area contributed by atoms with Gasteiger partial charge in [-0.3, -0.25) is 0 Å². The van der Waals surface area contributed by atoms with Crippen molar-refractivity contribution in [2.24, 2.45) is 5.73 Å². The maximum Gasteiger partial charge on any atom is 0.00118 e. The van der Waals surface area contributed by atoms with E-state index in [9.17, 15) is 0 Å². The summed E-state index contributed by atoms with van der Waals surface area (Å²) < 4.78 is 0. The van der Waals surface area contributed by atoms with Crippen LogP contribution in [0, 0.1) is 12.0 Å². The van der Waals surface area contributed by atoms with Gasteiger partial charge < -0.3 is 5.73 Å². The van der Waals surface area contributed by atoms with Crippen LogP contribution < -0.4 is 5.73 Å². The Morgan fingerprint density at radius 2 is 2.00 bits per heavy atom. The maximum absolute atomic E-state index is 4.67. The van der Waals surface area contributed by atoms with Crippen LogP contribution in [0.25, 0.3) is 0 Å². The molecule has 0 unspecified atom stereocenters. The van der Waals surface area contributed by atoms with Gasteiger partial charge in [0.25, 0.3) is 0 Å². The normalized spacial score (nSPS) is 3.25. The van der Waals surface area contributed by atoms with Gasteiger partial charge in [0.1, 0.15) is 0 Å². The lowest BCUT2D eigenvalue weighted by Gasteiger charge is -1.44. The zero-order valence-electron chi connectivity index (χ0n) is 2.58. The molecule has 0 aliphatic rings. The fourth-order valence-electron chi connectivity index (χ4n) is 0. The summed E-state index contributed by atoms with van der Waals surface area (Å²) in [5, 5.41) is 0. The molecule has 0 aromatic rings. The first-order chi connectivity index (χ1) is 1.91. The number of nitrogens with two attached hydrogens (primary N) is 1. The summed E-state index contributed by atoms with van der Waals surface area (Å²) in [6.07, 6.45) is 0. The fourth-order valence-corrected chi connectivity index (χ4v) is 0. The van der Waals surface area contributed by atoms with E-state index in [0.717, 1.165) is 0 Å². The van der Waals surface area contributed by atoms with E-state index in [1.54, 1.807) is 6.92 Å². The molecule has 0 radical (unpaired) electrons. The summed E-state index contributed by atoms with van der Waals surface area (Å²) in [6.45, 7) is 1.69. The standard InChI is InChI=1S/C3H5N/c1-2-3-4/h4H2,1H3. The minimum atomic E-state index is 1.69. The van der Waals surface area contributed by atoms with Crippen molar-refractivity contribution in [3.05, 3.63) is 0 Å². The van der Waals surface area contributed by atoms with Crippen molar-refractivity contribution in [2.75, 3.05) is 0 Å². The Hall–Kier alpha value is -0.640. The van der Waals surface area contributed by atoms with Gasteiger partial charge in [-0.2, -0.15) is 0 Å². The second kappa shape index (κ2) is 2.36. The second-order valence-corrected chi connectivity index (χ2v) is 0.394. The van der Waals surface area contributed by atoms with Crippen molar-refractivity contribution in [3.63, 3.8) is 0 Å². The first-order valence-corrected chi connectivity index (χ1v) is 1.04. The fraction of sp³-hybridized carbons (Fsp3) is 0.333. The van der Waals surface area contributed by atoms with Gasteiger partial charge in [0.05, 0.1) is 0 Å². The van der Waals surface area contributed by atoms with Gasteiger partial charge in [0.2, 0.25) is 0 Å². The molecule has 22 valence electrons. The van der Waals surface area contributed by atoms with E-state index in [4.69, 9.17) is 0 Å². The van der Waals surface area contributed by atoms with E-state index in [1.165, 1.54) is 0 Å². The smallest absolute Gasteiger partial charge is 0.00118 e. The summed E-state index contributed by atoms with van der Waals surface area (Å²) in [5.41, 5.74) is 4.67. The molecule has 0 fully saturated rings. The molecule has 0 atom stereocenters. The Morgan fingerprint density at radius 3 is 2.00 bits per heavy atom. The molecular weight excluding hydrogens is 50.0 g/mol. The van der Waals surface area contributed by atoms with E-state index >= 15 is 0 Å². The van der Waals surface area contributed by atoms with Crippen molar-refractivity contribution in [1.82, 2.24) is 0 Å². The molecule has 1 heteroatoms. The SMILES string of the molecule is CC#CN. The van der Waals surface area contributed by atoms with Crippen LogP contribution in [0.3, 0.4) is 0 Å². The summed E-state index contributed by atoms with van der Waals surface area (Å²) in [4.78, 5) is 0. The summed E-state index contributed by atoms with van der Waals surface area (Å²) in [5.74, 6) is 2.46. The summed E-state index contributed by atoms with van der Waals surface area (Å²) >= 11 is 0. The third kappa shape index (κ3) is 1.36. The second-order valence-electron chi connectivity index (χ2n) is 0.394. The molecule has 0 rings (SSSR count). The van der Waals surface area contributed by atoms with Gasteiger partial charge in [0, 0.05) is 6.04 Å². The highest BCUT2D eigenvalue weighted by Gasteiger charge is 1.25. The maximum atomic E-state index is 4.67. The Labute approximate surface area is 25.8 Å². The predicted octanol–water partition coefficient (Wildman–Crippen LogP) is -0.0741. The molecule has 0 aromatic carbocycles. The average molecular weight is 55.1 g/mol. The van der Waals surface area contributed by atoms with Crippen molar-refractivity contribution >= 4 is 0 Å². The van der Waals surface area contributed by atoms with Crippen molar-refractivity contribution in [1.29, 1.82) is 0 Å². The molecule has 0 saturated heterocycles. The van der Waals surface area contributed by atoms with Crippen molar-refractivity contribution in [3.8, 4) is 12.0 Å². The molecule has 0 saturated carbocycles. The van der Waals surface area contributed by atoms with Crippen LogP contribution in [0.5, 0.6) is 0 Å². The van der Waals surface area contributed by atoms with Gasteiger partial charge in [-0.05, 0) is 6.92 Å². The molecule has 0 aliphatic heterocycles. The number of hydrogen-bond acceptors (Lipinski definition) is 1. The molecular formula is C3H5N. The van der Waals surface area contributed by atoms with Crippen LogP contribution in [0.15, 0.2) is 0 Å². The Bertz CT molecular complexity index is 40.0. The third-order valence-corrected chi connectivity index (χ3v) is 0.144. The van der Waals surface area contributed by atoms with Gasteiger partial charge in [-0.1, -0.05) is 5.92 Å². The highest BCUT2D eigenvalue weighted by molar-refractivity contribution is 4.87. The minimum absolute atomic E-state index is 1.69. The van der Waals surface area contributed by atoms with Crippen LogP contribution in [-0.4, -0.2) is 0 Å². The van der Waals surface area contributed by atoms with Crippen molar-refractivity contribution < 1.29 is 0 Å². The minimum Gasteiger partial charge on any atom is -0.359 e. The van der Waals surface area contributed by atoms with Crippen LogP contribution in [0.4, 0.5) is 0 Å². The first kappa shape index (κ1) is 3.36. The molecule has 0 heterocycles. The van der Waals surface area contributed by atoms with Crippen LogP contribution >= 0.6 is 0 Å². The molecule has 2 N–H and O–H groups in total. The molecule has 4 heavy (non-hydrogen) atoms. The lowest BCUT2D eigenvalue weighted by molar-refractivity contribution is 1.71. The van der Waals surface area contributed by atoms with Crippen molar-refractivity contribution in [2.45, 2.75) is 6.92 Å². The largest absolute Gasteiger partial charge is 0.359 e. The average Bonchev–Trinajstić information content (AvgIpc) is 1.37. The lowest BCUT2D eigenvalue weighted by Crippen LogP contribution is -1.72. The monoisotopic (exact) mass is 55.0 g/mol. The molecule has 0 amide bonds. The molecule has 0 aromatic heterocycles. The first-order valence-electron chi connectivity index (χ1n) is 1.04. The van der Waals surface area contributed by atoms with Crippen LogP contribution in [0.2, 0.25) is 0 Å². The summed E-state index contributed by atoms with van der Waals surface area (Å²) in [7, 11) is 0. The zero-order chi connectivity index (χ0) is 3.41. The lowest BCUT2D eigenvalue weighted by atomic mass is 10.8. The Kier molecular flexibility index (Phi) is 1.98. The van der Waals surface area contributed by atoms with Gasteiger partial charge in [-0.15, -0.1) is 0 Å². The van der Waals surface area contributed by atoms with Crippen LogP contribution in [-0.2, 0) is 0 Å². The summed E-state index contributed by atoms with van der Waals surface area (Å²) in [6, 6.07) is 2.18. The number of hydrogen-bond donors (Lipinski definition) is 1. The number of rotatable bonds is 0.